The van der Waals surface area contributed by atoms with E-state index in [9.17, 15) is 13.6 Å². The first-order valence-corrected chi connectivity index (χ1v) is 8.62. The summed E-state index contributed by atoms with van der Waals surface area (Å²) in [7, 11) is 0. The van der Waals surface area contributed by atoms with E-state index in [2.05, 4.69) is 5.10 Å². The summed E-state index contributed by atoms with van der Waals surface area (Å²) in [5, 5.41) is 4.26. The molecule has 27 heavy (non-hydrogen) atoms. The van der Waals surface area contributed by atoms with Crippen molar-refractivity contribution in [2.45, 2.75) is 19.9 Å². The van der Waals surface area contributed by atoms with Gasteiger partial charge in [-0.1, -0.05) is 35.9 Å². The average Bonchev–Trinajstić information content (AvgIpc) is 2.97. The van der Waals surface area contributed by atoms with Crippen molar-refractivity contribution in [2.75, 3.05) is 0 Å². The Balaban J connectivity index is 1.66. The zero-order valence-electron chi connectivity index (χ0n) is 14.7. The summed E-state index contributed by atoms with van der Waals surface area (Å²) in [6, 6.07) is 15.4. The van der Waals surface area contributed by atoms with E-state index in [0.717, 1.165) is 16.7 Å². The lowest BCUT2D eigenvalue weighted by Crippen LogP contribution is -2.22. The molecule has 0 aliphatic rings. The lowest BCUT2D eigenvalue weighted by Gasteiger charge is -2.04. The van der Waals surface area contributed by atoms with Gasteiger partial charge in [0.15, 0.2) is 5.65 Å². The minimum atomic E-state index is -0.617. The molecule has 2 aromatic heterocycles. The third kappa shape index (κ3) is 3.26. The lowest BCUT2D eigenvalue weighted by molar-refractivity contribution is 0.523. The highest BCUT2D eigenvalue weighted by Crippen LogP contribution is 2.20. The number of hydrogen-bond acceptors (Lipinski definition) is 2. The highest BCUT2D eigenvalue weighted by atomic mass is 19.1. The molecular formula is C21H17F2N3O. The second-order valence-electron chi connectivity index (χ2n) is 6.47. The Kier molecular flexibility index (Phi) is 4.32. The molecule has 2 aromatic carbocycles. The fraction of sp³-hybridized carbons (Fsp3) is 0.143. The minimum Gasteiger partial charge on any atom is -0.250 e. The van der Waals surface area contributed by atoms with Crippen LogP contribution in [0.1, 0.15) is 11.1 Å². The van der Waals surface area contributed by atoms with Crippen LogP contribution >= 0.6 is 0 Å². The van der Waals surface area contributed by atoms with Crippen LogP contribution in [0.4, 0.5) is 8.78 Å². The molecule has 0 unspecified atom stereocenters. The number of pyridine rings is 1. The Labute approximate surface area is 154 Å². The fourth-order valence-corrected chi connectivity index (χ4v) is 3.07. The quantitative estimate of drug-likeness (QED) is 0.549. The lowest BCUT2D eigenvalue weighted by atomic mass is 10.1. The molecule has 0 aliphatic carbocycles. The molecule has 0 aliphatic heterocycles. The van der Waals surface area contributed by atoms with Gasteiger partial charge in [0.25, 0.3) is 0 Å². The number of rotatable bonds is 4. The normalized spacial score (nSPS) is 11.2. The first kappa shape index (κ1) is 17.1. The van der Waals surface area contributed by atoms with Gasteiger partial charge in [-0.15, -0.1) is 5.10 Å². The summed E-state index contributed by atoms with van der Waals surface area (Å²) in [5.41, 5.74) is 3.16. The molecule has 4 nitrogen and oxygen atoms in total. The van der Waals surface area contributed by atoms with Gasteiger partial charge in [-0.25, -0.2) is 22.7 Å². The minimum absolute atomic E-state index is 0.0400. The van der Waals surface area contributed by atoms with Gasteiger partial charge < -0.3 is 0 Å². The zero-order chi connectivity index (χ0) is 19.0. The largest absolute Gasteiger partial charge is 0.350 e. The van der Waals surface area contributed by atoms with Crippen LogP contribution in [0.15, 0.2) is 65.6 Å². The van der Waals surface area contributed by atoms with Gasteiger partial charge in [-0.3, -0.25) is 0 Å². The molecule has 0 atom stereocenters. The SMILES string of the molecule is Cc1ccc(-c2ccc3nn(CCc4c(F)cccc4F)c(=O)n3c2)cc1. The second-order valence-corrected chi connectivity index (χ2v) is 6.47. The van der Waals surface area contributed by atoms with Crippen LogP contribution in [0.5, 0.6) is 0 Å². The van der Waals surface area contributed by atoms with Gasteiger partial charge in [-0.2, -0.15) is 0 Å². The van der Waals surface area contributed by atoms with Crippen LogP contribution in [-0.2, 0) is 13.0 Å². The van der Waals surface area contributed by atoms with E-state index in [1.807, 2.05) is 37.3 Å². The van der Waals surface area contributed by atoms with Crippen LogP contribution < -0.4 is 5.69 Å². The van der Waals surface area contributed by atoms with Gasteiger partial charge in [0.05, 0.1) is 6.54 Å². The Morgan fingerprint density at radius 1 is 0.926 bits per heavy atom. The Bertz CT molecular complexity index is 1160. The summed E-state index contributed by atoms with van der Waals surface area (Å²) in [6.07, 6.45) is 1.78. The molecule has 0 fully saturated rings. The van der Waals surface area contributed by atoms with E-state index in [1.165, 1.54) is 27.3 Å². The summed E-state index contributed by atoms with van der Waals surface area (Å²) < 4.78 is 30.2. The van der Waals surface area contributed by atoms with E-state index in [0.29, 0.717) is 5.65 Å². The van der Waals surface area contributed by atoms with Crippen LogP contribution in [-0.4, -0.2) is 14.2 Å². The fourth-order valence-electron chi connectivity index (χ4n) is 3.07. The van der Waals surface area contributed by atoms with Crippen LogP contribution in [0, 0.1) is 18.6 Å². The third-order valence-electron chi connectivity index (χ3n) is 4.60. The highest BCUT2D eigenvalue weighted by Gasteiger charge is 2.12. The molecule has 0 spiro atoms. The van der Waals surface area contributed by atoms with E-state index in [1.54, 1.807) is 12.3 Å². The van der Waals surface area contributed by atoms with Gasteiger partial charge >= 0.3 is 5.69 Å². The molecule has 6 heteroatoms. The number of halogens is 2. The van der Waals surface area contributed by atoms with Crippen molar-refractivity contribution in [3.05, 3.63) is 94.0 Å². The van der Waals surface area contributed by atoms with Crippen molar-refractivity contribution < 1.29 is 8.78 Å². The number of benzene rings is 2. The molecule has 0 N–H and O–H groups in total. The molecule has 0 bridgehead atoms. The summed E-state index contributed by atoms with van der Waals surface area (Å²) in [4.78, 5) is 12.6. The second kappa shape index (κ2) is 6.79. The topological polar surface area (TPSA) is 39.3 Å². The van der Waals surface area contributed by atoms with Crippen molar-refractivity contribution in [3.63, 3.8) is 0 Å². The summed E-state index contributed by atoms with van der Waals surface area (Å²) in [6.45, 7) is 2.11. The maximum atomic E-state index is 13.8. The molecule has 136 valence electrons. The molecule has 0 amide bonds. The van der Waals surface area contributed by atoms with Gasteiger partial charge in [-0.05, 0) is 48.7 Å². The van der Waals surface area contributed by atoms with Crippen LogP contribution in [0.2, 0.25) is 0 Å². The molecule has 4 aromatic rings. The van der Waals surface area contributed by atoms with Gasteiger partial charge in [0.2, 0.25) is 0 Å². The number of aromatic nitrogens is 3. The number of nitrogens with zero attached hydrogens (tertiary/aromatic N) is 3. The molecule has 2 heterocycles. The van der Waals surface area contributed by atoms with Crippen molar-refractivity contribution in [3.8, 4) is 11.1 Å². The Hall–Kier alpha value is -3.28. The van der Waals surface area contributed by atoms with Gasteiger partial charge in [0, 0.05) is 11.8 Å². The van der Waals surface area contributed by atoms with Crippen LogP contribution in [0.25, 0.3) is 16.8 Å². The summed E-state index contributed by atoms with van der Waals surface area (Å²) >= 11 is 0. The Morgan fingerprint density at radius 3 is 2.30 bits per heavy atom. The Morgan fingerprint density at radius 2 is 1.59 bits per heavy atom. The number of aryl methyl sites for hydroxylation is 2. The maximum absolute atomic E-state index is 13.8. The predicted octanol–water partition coefficient (Wildman–Crippen LogP) is 3.99. The van der Waals surface area contributed by atoms with Crippen molar-refractivity contribution >= 4 is 5.65 Å². The van der Waals surface area contributed by atoms with E-state index in [-0.39, 0.29) is 24.2 Å². The van der Waals surface area contributed by atoms with Crippen molar-refractivity contribution in [1.29, 1.82) is 0 Å². The average molecular weight is 365 g/mol. The molecule has 4 rings (SSSR count). The monoisotopic (exact) mass is 365 g/mol. The highest BCUT2D eigenvalue weighted by molar-refractivity contribution is 5.64. The van der Waals surface area contributed by atoms with Crippen molar-refractivity contribution in [2.24, 2.45) is 0 Å². The molecule has 0 saturated carbocycles. The third-order valence-corrected chi connectivity index (χ3v) is 4.60. The van der Waals surface area contributed by atoms with Crippen molar-refractivity contribution in [1.82, 2.24) is 14.2 Å². The first-order valence-electron chi connectivity index (χ1n) is 8.62. The van der Waals surface area contributed by atoms with E-state index in [4.69, 9.17) is 0 Å². The molecule has 0 saturated heterocycles. The number of hydrogen-bond donors (Lipinski definition) is 0. The maximum Gasteiger partial charge on any atom is 0.350 e. The van der Waals surface area contributed by atoms with Gasteiger partial charge in [0.1, 0.15) is 11.6 Å². The molecular weight excluding hydrogens is 348 g/mol. The first-order chi connectivity index (χ1) is 13.0. The molecule has 0 radical (unpaired) electrons. The van der Waals surface area contributed by atoms with E-state index >= 15 is 0 Å². The van der Waals surface area contributed by atoms with E-state index < -0.39 is 11.6 Å². The standard InChI is InChI=1S/C21H17F2N3O/c1-14-5-7-15(8-6-14)16-9-10-20-24-26(21(27)25(20)13-16)12-11-17-18(22)3-2-4-19(17)23/h2-10,13H,11-12H2,1H3. The number of fused-ring (bicyclic) bond motifs is 1. The zero-order valence-corrected chi connectivity index (χ0v) is 14.7. The summed E-state index contributed by atoms with van der Waals surface area (Å²) in [5.74, 6) is -1.23. The van der Waals surface area contributed by atoms with Crippen LogP contribution in [0.3, 0.4) is 0 Å². The predicted molar refractivity (Wildman–Crippen MR) is 99.7 cm³/mol. The smallest absolute Gasteiger partial charge is 0.250 e.